The van der Waals surface area contributed by atoms with Crippen molar-refractivity contribution in [2.75, 3.05) is 7.11 Å². The van der Waals surface area contributed by atoms with E-state index in [4.69, 9.17) is 16.3 Å². The number of ether oxygens (including phenoxy) is 1. The number of nitro benzene ring substituents is 1. The van der Waals surface area contributed by atoms with Crippen LogP contribution in [0.5, 0.6) is 5.75 Å². The minimum absolute atomic E-state index is 0.0827. The van der Waals surface area contributed by atoms with Crippen LogP contribution in [0.25, 0.3) is 0 Å². The van der Waals surface area contributed by atoms with E-state index in [0.717, 1.165) is 0 Å². The zero-order valence-electron chi connectivity index (χ0n) is 6.28. The van der Waals surface area contributed by atoms with Crippen molar-refractivity contribution >= 4 is 17.3 Å². The fraction of sp³-hybridized carbons (Fsp3) is 0.143. The van der Waals surface area contributed by atoms with E-state index in [0.29, 0.717) is 5.75 Å². The van der Waals surface area contributed by atoms with Gasteiger partial charge in [-0.25, -0.2) is 0 Å². The molecule has 0 aliphatic heterocycles. The maximum atomic E-state index is 10.3. The van der Waals surface area contributed by atoms with E-state index in [1.807, 2.05) is 0 Å². The Hall–Kier alpha value is -1.29. The SMILES string of the molecule is COc1ccc([N+](=O)[O-])c(Cl)c1. The van der Waals surface area contributed by atoms with E-state index in [-0.39, 0.29) is 10.7 Å². The molecule has 0 N–H and O–H groups in total. The Kier molecular flexibility index (Phi) is 2.50. The molecule has 0 bridgehead atoms. The van der Waals surface area contributed by atoms with Gasteiger partial charge in [0.1, 0.15) is 10.8 Å². The monoisotopic (exact) mass is 187 g/mol. The molecule has 5 heteroatoms. The summed E-state index contributed by atoms with van der Waals surface area (Å²) < 4.78 is 4.82. The summed E-state index contributed by atoms with van der Waals surface area (Å²) in [6.45, 7) is 0. The van der Waals surface area contributed by atoms with Gasteiger partial charge in [-0.05, 0) is 6.07 Å². The number of halogens is 1. The minimum atomic E-state index is -0.540. The molecular formula is C7H6ClNO3. The van der Waals surface area contributed by atoms with Crippen LogP contribution >= 0.6 is 11.6 Å². The normalized spacial score (nSPS) is 9.50. The van der Waals surface area contributed by atoms with Crippen molar-refractivity contribution in [3.63, 3.8) is 0 Å². The molecule has 12 heavy (non-hydrogen) atoms. The molecule has 0 aliphatic rings. The summed E-state index contributed by atoms with van der Waals surface area (Å²) in [5.41, 5.74) is -0.113. The van der Waals surface area contributed by atoms with E-state index in [9.17, 15) is 10.1 Å². The number of nitrogens with zero attached hydrogens (tertiary/aromatic N) is 1. The molecule has 0 unspecified atom stereocenters. The van der Waals surface area contributed by atoms with Gasteiger partial charge >= 0.3 is 0 Å². The molecule has 0 amide bonds. The Morgan fingerprint density at radius 2 is 2.25 bits per heavy atom. The Labute approximate surface area is 73.9 Å². The largest absolute Gasteiger partial charge is 0.497 e. The lowest BCUT2D eigenvalue weighted by molar-refractivity contribution is -0.384. The number of hydrogen-bond donors (Lipinski definition) is 0. The number of methoxy groups -OCH3 is 1. The predicted molar refractivity (Wildman–Crippen MR) is 44.7 cm³/mol. The maximum Gasteiger partial charge on any atom is 0.288 e. The van der Waals surface area contributed by atoms with Gasteiger partial charge in [0, 0.05) is 12.1 Å². The van der Waals surface area contributed by atoms with Crippen LogP contribution in [0.1, 0.15) is 0 Å². The third-order valence-corrected chi connectivity index (χ3v) is 1.65. The van der Waals surface area contributed by atoms with Gasteiger partial charge in [0.05, 0.1) is 12.0 Å². The molecule has 0 aliphatic carbocycles. The summed E-state index contributed by atoms with van der Waals surface area (Å²) in [7, 11) is 1.47. The van der Waals surface area contributed by atoms with Gasteiger partial charge in [-0.2, -0.15) is 0 Å². The van der Waals surface area contributed by atoms with Gasteiger partial charge in [-0.3, -0.25) is 10.1 Å². The summed E-state index contributed by atoms with van der Waals surface area (Å²) >= 11 is 5.58. The van der Waals surface area contributed by atoms with Crippen molar-refractivity contribution in [2.45, 2.75) is 0 Å². The fourth-order valence-corrected chi connectivity index (χ4v) is 1.00. The number of hydrogen-bond acceptors (Lipinski definition) is 3. The van der Waals surface area contributed by atoms with Gasteiger partial charge in [0.15, 0.2) is 0 Å². The van der Waals surface area contributed by atoms with E-state index >= 15 is 0 Å². The smallest absolute Gasteiger partial charge is 0.288 e. The molecule has 1 aromatic carbocycles. The molecule has 0 fully saturated rings. The third-order valence-electron chi connectivity index (χ3n) is 1.35. The molecule has 1 rings (SSSR count). The summed E-state index contributed by atoms with van der Waals surface area (Å²) in [5.74, 6) is 0.505. The van der Waals surface area contributed by atoms with Crippen LogP contribution in [0.15, 0.2) is 18.2 Å². The standard InChI is InChI=1S/C7H6ClNO3/c1-12-5-2-3-7(9(10)11)6(8)4-5/h2-4H,1H3. The number of rotatable bonds is 2. The Morgan fingerprint density at radius 1 is 1.58 bits per heavy atom. The number of nitro groups is 1. The molecular weight excluding hydrogens is 182 g/mol. The van der Waals surface area contributed by atoms with Crippen molar-refractivity contribution in [1.29, 1.82) is 0 Å². The minimum Gasteiger partial charge on any atom is -0.497 e. The lowest BCUT2D eigenvalue weighted by atomic mass is 10.3. The third kappa shape index (κ3) is 1.65. The van der Waals surface area contributed by atoms with E-state index in [1.165, 1.54) is 25.3 Å². The van der Waals surface area contributed by atoms with E-state index in [1.54, 1.807) is 0 Å². The highest BCUT2D eigenvalue weighted by molar-refractivity contribution is 6.32. The highest BCUT2D eigenvalue weighted by atomic mass is 35.5. The van der Waals surface area contributed by atoms with Crippen LogP contribution in [0.2, 0.25) is 5.02 Å². The second kappa shape index (κ2) is 3.40. The molecule has 0 radical (unpaired) electrons. The maximum absolute atomic E-state index is 10.3. The van der Waals surface area contributed by atoms with Crippen molar-refractivity contribution in [3.8, 4) is 5.75 Å². The van der Waals surface area contributed by atoms with Crippen LogP contribution in [0, 0.1) is 10.1 Å². The van der Waals surface area contributed by atoms with E-state index in [2.05, 4.69) is 0 Å². The lowest BCUT2D eigenvalue weighted by Gasteiger charge is -1.99. The molecule has 0 heterocycles. The first-order chi connectivity index (χ1) is 5.65. The Morgan fingerprint density at radius 3 is 2.67 bits per heavy atom. The van der Waals surface area contributed by atoms with Crippen molar-refractivity contribution < 1.29 is 9.66 Å². The van der Waals surface area contributed by atoms with Gasteiger partial charge in [-0.1, -0.05) is 11.6 Å². The van der Waals surface area contributed by atoms with Gasteiger partial charge < -0.3 is 4.74 Å². The van der Waals surface area contributed by atoms with Crippen LogP contribution in [-0.2, 0) is 0 Å². The summed E-state index contributed by atoms with van der Waals surface area (Å²) in [6, 6.07) is 4.20. The zero-order chi connectivity index (χ0) is 9.14. The topological polar surface area (TPSA) is 52.4 Å². The fourth-order valence-electron chi connectivity index (χ4n) is 0.763. The first kappa shape index (κ1) is 8.80. The molecule has 0 aromatic heterocycles. The van der Waals surface area contributed by atoms with Gasteiger partial charge in [-0.15, -0.1) is 0 Å². The summed E-state index contributed by atoms with van der Waals surface area (Å²) in [5, 5.41) is 10.4. The van der Waals surface area contributed by atoms with Crippen LogP contribution in [0.4, 0.5) is 5.69 Å². The Balaban J connectivity index is 3.12. The van der Waals surface area contributed by atoms with E-state index < -0.39 is 4.92 Å². The number of benzene rings is 1. The van der Waals surface area contributed by atoms with Crippen LogP contribution in [-0.4, -0.2) is 12.0 Å². The van der Waals surface area contributed by atoms with Crippen molar-refractivity contribution in [3.05, 3.63) is 33.3 Å². The van der Waals surface area contributed by atoms with Crippen molar-refractivity contribution in [2.24, 2.45) is 0 Å². The molecule has 0 spiro atoms. The summed E-state index contributed by atoms with van der Waals surface area (Å²) in [6.07, 6.45) is 0. The molecule has 0 atom stereocenters. The highest BCUT2D eigenvalue weighted by Crippen LogP contribution is 2.27. The lowest BCUT2D eigenvalue weighted by Crippen LogP contribution is -1.89. The Bertz CT molecular complexity index is 314. The molecule has 64 valence electrons. The van der Waals surface area contributed by atoms with Gasteiger partial charge in [0.2, 0.25) is 0 Å². The first-order valence-electron chi connectivity index (χ1n) is 3.13. The molecule has 1 aromatic rings. The predicted octanol–water partition coefficient (Wildman–Crippen LogP) is 2.26. The van der Waals surface area contributed by atoms with Gasteiger partial charge in [0.25, 0.3) is 5.69 Å². The first-order valence-corrected chi connectivity index (χ1v) is 3.51. The second-order valence-corrected chi connectivity index (χ2v) is 2.48. The molecule has 4 nitrogen and oxygen atoms in total. The molecule has 0 saturated heterocycles. The summed E-state index contributed by atoms with van der Waals surface area (Å²) in [4.78, 5) is 9.76. The zero-order valence-corrected chi connectivity index (χ0v) is 7.04. The second-order valence-electron chi connectivity index (χ2n) is 2.07. The quantitative estimate of drug-likeness (QED) is 0.527. The van der Waals surface area contributed by atoms with Crippen LogP contribution < -0.4 is 4.74 Å². The molecule has 0 saturated carbocycles. The van der Waals surface area contributed by atoms with Crippen molar-refractivity contribution in [1.82, 2.24) is 0 Å². The average molecular weight is 188 g/mol. The average Bonchev–Trinajstić information content (AvgIpc) is 2.03. The highest BCUT2D eigenvalue weighted by Gasteiger charge is 2.11. The van der Waals surface area contributed by atoms with Crippen LogP contribution in [0.3, 0.4) is 0 Å².